The summed E-state index contributed by atoms with van der Waals surface area (Å²) in [5.74, 6) is 0.853. The van der Waals surface area contributed by atoms with Crippen molar-refractivity contribution >= 4 is 16.8 Å². The molecule has 100 valence electrons. The quantitative estimate of drug-likeness (QED) is 0.844. The summed E-state index contributed by atoms with van der Waals surface area (Å²) in [5.41, 5.74) is 2.02. The Hall–Kier alpha value is -2.01. The van der Waals surface area contributed by atoms with Crippen LogP contribution >= 0.6 is 0 Å². The number of piperazine rings is 1. The van der Waals surface area contributed by atoms with Gasteiger partial charge in [-0.05, 0) is 18.2 Å². The van der Waals surface area contributed by atoms with E-state index in [-0.39, 0.29) is 11.9 Å². The van der Waals surface area contributed by atoms with E-state index >= 15 is 0 Å². The number of hydrogen-bond acceptors (Lipinski definition) is 3. The first-order chi connectivity index (χ1) is 9.22. The number of fused-ring (bicyclic) bond motifs is 1. The molecule has 1 unspecified atom stereocenters. The second kappa shape index (κ2) is 4.59. The molecule has 1 saturated heterocycles. The van der Waals surface area contributed by atoms with Crippen molar-refractivity contribution in [1.82, 2.24) is 15.2 Å². The number of rotatable bonds is 2. The molecule has 1 aliphatic rings. The highest BCUT2D eigenvalue weighted by molar-refractivity contribution is 5.90. The maximum atomic E-state index is 12.0. The summed E-state index contributed by atoms with van der Waals surface area (Å²) in [4.78, 5) is 12.0. The van der Waals surface area contributed by atoms with E-state index in [1.165, 1.54) is 0 Å². The van der Waals surface area contributed by atoms with Crippen LogP contribution in [0, 0.1) is 0 Å². The van der Waals surface area contributed by atoms with Crippen molar-refractivity contribution in [1.29, 1.82) is 0 Å². The van der Waals surface area contributed by atoms with E-state index in [4.69, 9.17) is 4.74 Å². The predicted octanol–water partition coefficient (Wildman–Crippen LogP) is 0.947. The number of hydrogen-bond donors (Lipinski definition) is 2. The first-order valence-corrected chi connectivity index (χ1v) is 6.36. The molecule has 0 radical (unpaired) electrons. The summed E-state index contributed by atoms with van der Waals surface area (Å²) in [6.07, 6.45) is 0. The Morgan fingerprint density at radius 1 is 1.37 bits per heavy atom. The Bertz CT molecular complexity index is 633. The Balaban J connectivity index is 2.14. The van der Waals surface area contributed by atoms with Crippen molar-refractivity contribution in [3.8, 4) is 5.75 Å². The van der Waals surface area contributed by atoms with Gasteiger partial charge in [0, 0.05) is 31.2 Å². The molecule has 1 aromatic heterocycles. The molecule has 1 atom stereocenters. The molecule has 3 rings (SSSR count). The summed E-state index contributed by atoms with van der Waals surface area (Å²) in [6.45, 7) is 1.47. The number of methoxy groups -OCH3 is 1. The van der Waals surface area contributed by atoms with Crippen LogP contribution in [-0.4, -0.2) is 30.7 Å². The molecule has 0 bridgehead atoms. The molecule has 1 fully saturated rings. The first-order valence-electron chi connectivity index (χ1n) is 6.36. The third-order valence-corrected chi connectivity index (χ3v) is 3.63. The van der Waals surface area contributed by atoms with Crippen molar-refractivity contribution in [2.24, 2.45) is 7.05 Å². The maximum Gasteiger partial charge on any atom is 0.243 e. The van der Waals surface area contributed by atoms with Crippen molar-refractivity contribution in [2.75, 3.05) is 20.2 Å². The molecule has 0 spiro atoms. The third-order valence-electron chi connectivity index (χ3n) is 3.63. The number of ether oxygens (including phenoxy) is 1. The normalized spacial score (nSPS) is 19.5. The zero-order valence-electron chi connectivity index (χ0n) is 11.1. The Morgan fingerprint density at radius 2 is 2.21 bits per heavy atom. The average Bonchev–Trinajstić information content (AvgIpc) is 2.77. The van der Waals surface area contributed by atoms with E-state index in [1.807, 2.05) is 35.9 Å². The lowest BCUT2D eigenvalue weighted by atomic mass is 10.1. The van der Waals surface area contributed by atoms with Gasteiger partial charge in [0.15, 0.2) is 0 Å². The summed E-state index contributed by atoms with van der Waals surface area (Å²) in [6, 6.07) is 7.65. The van der Waals surface area contributed by atoms with Crippen molar-refractivity contribution in [2.45, 2.75) is 6.04 Å². The number of carbonyl (C=O) groups is 1. The third kappa shape index (κ3) is 1.86. The number of benzene rings is 1. The van der Waals surface area contributed by atoms with E-state index in [9.17, 15) is 4.79 Å². The van der Waals surface area contributed by atoms with Crippen molar-refractivity contribution in [3.05, 3.63) is 30.0 Å². The fourth-order valence-corrected chi connectivity index (χ4v) is 2.64. The Kier molecular flexibility index (Phi) is 2.91. The molecule has 5 heteroatoms. The summed E-state index contributed by atoms with van der Waals surface area (Å²) >= 11 is 0. The summed E-state index contributed by atoms with van der Waals surface area (Å²) in [5, 5.41) is 7.17. The van der Waals surface area contributed by atoms with Gasteiger partial charge in [-0.15, -0.1) is 0 Å². The largest absolute Gasteiger partial charge is 0.496 e. The highest BCUT2D eigenvalue weighted by atomic mass is 16.5. The van der Waals surface area contributed by atoms with E-state index < -0.39 is 0 Å². The van der Waals surface area contributed by atoms with Crippen LogP contribution in [0.1, 0.15) is 11.7 Å². The molecular formula is C14H17N3O2. The maximum absolute atomic E-state index is 12.0. The number of carbonyl (C=O) groups excluding carboxylic acids is 1. The standard InChI is InChI=1S/C14H17N3O2/c1-17-10-4-3-5-12(19-2)9(10)8-11(17)13-14(18)16-7-6-15-13/h3-5,8,13,15H,6-7H2,1-2H3,(H,16,18). The topological polar surface area (TPSA) is 55.3 Å². The molecule has 0 aliphatic carbocycles. The van der Waals surface area contributed by atoms with Crippen LogP contribution in [0.4, 0.5) is 0 Å². The second-order valence-corrected chi connectivity index (χ2v) is 4.70. The molecule has 0 saturated carbocycles. The average molecular weight is 259 g/mol. The van der Waals surface area contributed by atoms with Crippen LogP contribution in [0.25, 0.3) is 10.9 Å². The Morgan fingerprint density at radius 3 is 2.95 bits per heavy atom. The van der Waals surface area contributed by atoms with Gasteiger partial charge in [0.1, 0.15) is 11.8 Å². The molecule has 2 heterocycles. The van der Waals surface area contributed by atoms with E-state index in [1.54, 1.807) is 7.11 Å². The van der Waals surface area contributed by atoms with Gasteiger partial charge in [-0.3, -0.25) is 10.1 Å². The minimum absolute atomic E-state index is 0.0242. The monoisotopic (exact) mass is 259 g/mol. The zero-order valence-corrected chi connectivity index (χ0v) is 11.1. The van der Waals surface area contributed by atoms with Gasteiger partial charge in [-0.25, -0.2) is 0 Å². The lowest BCUT2D eigenvalue weighted by Gasteiger charge is -2.24. The molecule has 2 N–H and O–H groups in total. The fraction of sp³-hybridized carbons (Fsp3) is 0.357. The van der Waals surface area contributed by atoms with Crippen LogP contribution in [0.5, 0.6) is 5.75 Å². The van der Waals surface area contributed by atoms with Gasteiger partial charge in [0.05, 0.1) is 12.6 Å². The highest BCUT2D eigenvalue weighted by Crippen LogP contribution is 2.30. The number of aromatic nitrogens is 1. The molecule has 1 amide bonds. The van der Waals surface area contributed by atoms with Gasteiger partial charge in [-0.1, -0.05) is 6.07 Å². The van der Waals surface area contributed by atoms with Crippen molar-refractivity contribution in [3.63, 3.8) is 0 Å². The Labute approximate surface area is 111 Å². The highest BCUT2D eigenvalue weighted by Gasteiger charge is 2.26. The summed E-state index contributed by atoms with van der Waals surface area (Å²) in [7, 11) is 3.63. The second-order valence-electron chi connectivity index (χ2n) is 4.70. The first kappa shape index (κ1) is 12.0. The number of nitrogens with one attached hydrogen (secondary N) is 2. The van der Waals surface area contributed by atoms with Gasteiger partial charge in [-0.2, -0.15) is 0 Å². The number of nitrogens with zero attached hydrogens (tertiary/aromatic N) is 1. The summed E-state index contributed by atoms with van der Waals surface area (Å²) < 4.78 is 7.42. The zero-order chi connectivity index (χ0) is 13.4. The molecule has 19 heavy (non-hydrogen) atoms. The minimum Gasteiger partial charge on any atom is -0.496 e. The van der Waals surface area contributed by atoms with Crippen LogP contribution in [0.2, 0.25) is 0 Å². The number of amides is 1. The minimum atomic E-state index is -0.296. The van der Waals surface area contributed by atoms with Crippen LogP contribution < -0.4 is 15.4 Å². The smallest absolute Gasteiger partial charge is 0.243 e. The lowest BCUT2D eigenvalue weighted by Crippen LogP contribution is -2.47. The molecule has 2 aromatic rings. The van der Waals surface area contributed by atoms with Crippen molar-refractivity contribution < 1.29 is 9.53 Å². The van der Waals surface area contributed by atoms with Gasteiger partial charge < -0.3 is 14.6 Å². The molecule has 1 aromatic carbocycles. The van der Waals surface area contributed by atoms with Crippen LogP contribution in [0.3, 0.4) is 0 Å². The number of aryl methyl sites for hydroxylation is 1. The van der Waals surface area contributed by atoms with Gasteiger partial charge in [0.25, 0.3) is 0 Å². The molecule has 1 aliphatic heterocycles. The van der Waals surface area contributed by atoms with Crippen LogP contribution in [0.15, 0.2) is 24.3 Å². The SMILES string of the molecule is COc1cccc2c1cc(C1NCCNC1=O)n2C. The molecule has 5 nitrogen and oxygen atoms in total. The van der Waals surface area contributed by atoms with Gasteiger partial charge in [0.2, 0.25) is 5.91 Å². The molecular weight excluding hydrogens is 242 g/mol. The lowest BCUT2D eigenvalue weighted by molar-refractivity contribution is -0.124. The van der Waals surface area contributed by atoms with Crippen LogP contribution in [-0.2, 0) is 11.8 Å². The van der Waals surface area contributed by atoms with Gasteiger partial charge >= 0.3 is 0 Å². The van der Waals surface area contributed by atoms with E-state index in [0.717, 1.165) is 28.9 Å². The predicted molar refractivity (Wildman–Crippen MR) is 73.2 cm³/mol. The van der Waals surface area contributed by atoms with E-state index in [2.05, 4.69) is 10.6 Å². The fourth-order valence-electron chi connectivity index (χ4n) is 2.64. The van der Waals surface area contributed by atoms with E-state index in [0.29, 0.717) is 6.54 Å².